The van der Waals surface area contributed by atoms with Crippen LogP contribution in [0, 0.1) is 0 Å². The molecule has 2 aliphatic heterocycles. The maximum atomic E-state index is 4.55. The average molecular weight is 389 g/mol. The Morgan fingerprint density at radius 1 is 1.32 bits per heavy atom. The molecule has 0 radical (unpaired) electrons. The van der Waals surface area contributed by atoms with Crippen molar-refractivity contribution in [1.29, 1.82) is 0 Å². The van der Waals surface area contributed by atoms with E-state index >= 15 is 0 Å². The summed E-state index contributed by atoms with van der Waals surface area (Å²) in [4.78, 5) is 7.15. The number of nitrogens with one attached hydrogen (secondary N) is 1. The van der Waals surface area contributed by atoms with Crippen LogP contribution >= 0.6 is 31.9 Å². The molecule has 1 aromatic heterocycles. The number of nitrogens with zero attached hydrogens (tertiary/aromatic N) is 2. The summed E-state index contributed by atoms with van der Waals surface area (Å²) in [6.07, 6.45) is 7.19. The molecule has 5 heteroatoms. The molecule has 0 saturated carbocycles. The zero-order valence-electron chi connectivity index (χ0n) is 10.9. The standard InChI is InChI=1S/C14H19Br2N3/c15-10-7-11(16)13(18-8-10)9-19-6-2-4-14(19)12-3-1-5-17-12/h7-8,12,14,17H,1-6,9H2. The lowest BCUT2D eigenvalue weighted by atomic mass is 10.0. The van der Waals surface area contributed by atoms with Crippen molar-refractivity contribution in [3.05, 3.63) is 26.9 Å². The predicted molar refractivity (Wildman–Crippen MR) is 84.1 cm³/mol. The summed E-state index contributed by atoms with van der Waals surface area (Å²) in [6, 6.07) is 3.47. The van der Waals surface area contributed by atoms with Gasteiger partial charge < -0.3 is 5.32 Å². The van der Waals surface area contributed by atoms with Gasteiger partial charge in [-0.15, -0.1) is 0 Å². The molecular formula is C14H19Br2N3. The molecule has 2 fully saturated rings. The normalized spacial score (nSPS) is 28.1. The second kappa shape index (κ2) is 6.20. The molecule has 1 N–H and O–H groups in total. The maximum absolute atomic E-state index is 4.55. The molecule has 3 rings (SSSR count). The Bertz CT molecular complexity index is 446. The molecule has 2 aliphatic rings. The highest BCUT2D eigenvalue weighted by Gasteiger charge is 2.33. The smallest absolute Gasteiger partial charge is 0.0686 e. The highest BCUT2D eigenvalue weighted by atomic mass is 79.9. The summed E-state index contributed by atoms with van der Waals surface area (Å²) in [5.74, 6) is 0. The first-order valence-electron chi connectivity index (χ1n) is 7.01. The molecule has 1 aromatic rings. The Morgan fingerprint density at radius 3 is 2.95 bits per heavy atom. The first-order chi connectivity index (χ1) is 9.24. The van der Waals surface area contributed by atoms with E-state index in [9.17, 15) is 0 Å². The number of hydrogen-bond donors (Lipinski definition) is 1. The van der Waals surface area contributed by atoms with Crippen LogP contribution in [0.3, 0.4) is 0 Å². The minimum atomic E-state index is 0.691. The Kier molecular flexibility index (Phi) is 4.57. The molecule has 104 valence electrons. The second-order valence-electron chi connectivity index (χ2n) is 5.46. The van der Waals surface area contributed by atoms with E-state index in [1.54, 1.807) is 0 Å². The van der Waals surface area contributed by atoms with Crippen LogP contribution in [-0.2, 0) is 6.54 Å². The first-order valence-corrected chi connectivity index (χ1v) is 8.60. The van der Waals surface area contributed by atoms with E-state index in [2.05, 4.69) is 53.1 Å². The third kappa shape index (κ3) is 3.20. The number of halogens is 2. The molecule has 3 heterocycles. The topological polar surface area (TPSA) is 28.2 Å². The van der Waals surface area contributed by atoms with Crippen LogP contribution in [0.5, 0.6) is 0 Å². The Morgan fingerprint density at radius 2 is 2.21 bits per heavy atom. The van der Waals surface area contributed by atoms with Crippen LogP contribution in [0.1, 0.15) is 31.4 Å². The number of likely N-dealkylation sites (tertiary alicyclic amines) is 1. The average Bonchev–Trinajstić information content (AvgIpc) is 3.03. The molecule has 0 amide bonds. The lowest BCUT2D eigenvalue weighted by Crippen LogP contribution is -2.43. The van der Waals surface area contributed by atoms with Gasteiger partial charge in [-0.3, -0.25) is 9.88 Å². The summed E-state index contributed by atoms with van der Waals surface area (Å²) < 4.78 is 2.13. The fourth-order valence-electron chi connectivity index (χ4n) is 3.30. The van der Waals surface area contributed by atoms with Crippen molar-refractivity contribution in [2.24, 2.45) is 0 Å². The van der Waals surface area contributed by atoms with Crippen LogP contribution in [0.15, 0.2) is 21.2 Å². The number of pyridine rings is 1. The lowest BCUT2D eigenvalue weighted by Gasteiger charge is -2.29. The van der Waals surface area contributed by atoms with Crippen molar-refractivity contribution >= 4 is 31.9 Å². The van der Waals surface area contributed by atoms with Gasteiger partial charge in [-0.2, -0.15) is 0 Å². The molecular weight excluding hydrogens is 370 g/mol. The van der Waals surface area contributed by atoms with Gasteiger partial charge in [0.15, 0.2) is 0 Å². The van der Waals surface area contributed by atoms with Gasteiger partial charge in [0.2, 0.25) is 0 Å². The van der Waals surface area contributed by atoms with Crippen molar-refractivity contribution < 1.29 is 0 Å². The minimum absolute atomic E-state index is 0.691. The fourth-order valence-corrected chi connectivity index (χ4v) is 4.41. The van der Waals surface area contributed by atoms with Crippen molar-refractivity contribution in [2.75, 3.05) is 13.1 Å². The van der Waals surface area contributed by atoms with E-state index in [1.165, 1.54) is 38.8 Å². The predicted octanol–water partition coefficient (Wildman–Crippen LogP) is 3.32. The minimum Gasteiger partial charge on any atom is -0.312 e. The zero-order chi connectivity index (χ0) is 13.2. The van der Waals surface area contributed by atoms with Crippen LogP contribution in [0.4, 0.5) is 0 Å². The fraction of sp³-hybridized carbons (Fsp3) is 0.643. The van der Waals surface area contributed by atoms with Crippen molar-refractivity contribution in [3.63, 3.8) is 0 Å². The number of hydrogen-bond acceptors (Lipinski definition) is 3. The largest absolute Gasteiger partial charge is 0.312 e. The Labute approximate surface area is 131 Å². The van der Waals surface area contributed by atoms with Crippen LogP contribution in [-0.4, -0.2) is 35.1 Å². The summed E-state index contributed by atoms with van der Waals surface area (Å²) in [7, 11) is 0. The van der Waals surface area contributed by atoms with Gasteiger partial charge in [0.25, 0.3) is 0 Å². The third-order valence-corrected chi connectivity index (χ3v) is 5.33. The lowest BCUT2D eigenvalue weighted by molar-refractivity contribution is 0.204. The summed E-state index contributed by atoms with van der Waals surface area (Å²) in [6.45, 7) is 3.35. The van der Waals surface area contributed by atoms with Crippen molar-refractivity contribution in [3.8, 4) is 0 Å². The maximum Gasteiger partial charge on any atom is 0.0686 e. The quantitative estimate of drug-likeness (QED) is 0.860. The van der Waals surface area contributed by atoms with Crippen molar-refractivity contribution in [2.45, 2.75) is 44.3 Å². The third-order valence-electron chi connectivity index (χ3n) is 4.21. The Balaban J connectivity index is 1.70. The van der Waals surface area contributed by atoms with Gasteiger partial charge in [0.05, 0.1) is 5.69 Å². The van der Waals surface area contributed by atoms with E-state index in [0.29, 0.717) is 12.1 Å². The van der Waals surface area contributed by atoms with Crippen LogP contribution in [0.2, 0.25) is 0 Å². The van der Waals surface area contributed by atoms with E-state index < -0.39 is 0 Å². The molecule has 0 aliphatic carbocycles. The number of aromatic nitrogens is 1. The molecule has 0 spiro atoms. The SMILES string of the molecule is Brc1cnc(CN2CCCC2C2CCCN2)c(Br)c1. The van der Waals surface area contributed by atoms with Crippen molar-refractivity contribution in [1.82, 2.24) is 15.2 Å². The van der Waals surface area contributed by atoms with Gasteiger partial charge in [0.1, 0.15) is 0 Å². The van der Waals surface area contributed by atoms with E-state index in [1.807, 2.05) is 6.20 Å². The monoisotopic (exact) mass is 387 g/mol. The highest BCUT2D eigenvalue weighted by Crippen LogP contribution is 2.28. The van der Waals surface area contributed by atoms with Gasteiger partial charge in [-0.25, -0.2) is 0 Å². The molecule has 19 heavy (non-hydrogen) atoms. The molecule has 2 unspecified atom stereocenters. The summed E-state index contributed by atoms with van der Waals surface area (Å²) in [5.41, 5.74) is 1.15. The zero-order valence-corrected chi connectivity index (χ0v) is 14.1. The van der Waals surface area contributed by atoms with Gasteiger partial charge >= 0.3 is 0 Å². The van der Waals surface area contributed by atoms with Gasteiger partial charge in [-0.05, 0) is 76.7 Å². The first kappa shape index (κ1) is 14.0. The van der Waals surface area contributed by atoms with E-state index in [0.717, 1.165) is 21.2 Å². The molecule has 2 atom stereocenters. The molecule has 0 bridgehead atoms. The molecule has 0 aromatic carbocycles. The second-order valence-corrected chi connectivity index (χ2v) is 7.23. The van der Waals surface area contributed by atoms with Gasteiger partial charge in [-0.1, -0.05) is 0 Å². The highest BCUT2D eigenvalue weighted by molar-refractivity contribution is 9.11. The Hall–Kier alpha value is 0.0300. The number of rotatable bonds is 3. The van der Waals surface area contributed by atoms with Gasteiger partial charge in [0, 0.05) is 33.8 Å². The summed E-state index contributed by atoms with van der Waals surface area (Å²) >= 11 is 7.08. The van der Waals surface area contributed by atoms with Crippen LogP contribution < -0.4 is 5.32 Å². The molecule has 3 nitrogen and oxygen atoms in total. The van der Waals surface area contributed by atoms with E-state index in [-0.39, 0.29) is 0 Å². The van der Waals surface area contributed by atoms with E-state index in [4.69, 9.17) is 0 Å². The molecule has 2 saturated heterocycles. The van der Waals surface area contributed by atoms with Crippen LogP contribution in [0.25, 0.3) is 0 Å². The summed E-state index contributed by atoms with van der Waals surface area (Å²) in [5, 5.41) is 3.66.